The first-order chi connectivity index (χ1) is 8.59. The number of carbonyl (C=O) groups is 2. The van der Waals surface area contributed by atoms with Crippen molar-refractivity contribution >= 4 is 11.9 Å². The third-order valence-electron chi connectivity index (χ3n) is 3.48. The molecule has 1 N–H and O–H groups in total. The minimum absolute atomic E-state index is 0.000833. The van der Waals surface area contributed by atoms with Crippen molar-refractivity contribution in [2.24, 2.45) is 0 Å². The number of carboxylic acids is 1. The second-order valence-corrected chi connectivity index (χ2v) is 4.76. The summed E-state index contributed by atoms with van der Waals surface area (Å²) in [5, 5.41) is 8.98. The molecular weight excluding hydrogens is 232 g/mol. The van der Waals surface area contributed by atoms with Crippen LogP contribution in [0.4, 0.5) is 0 Å². The number of amides is 1. The van der Waals surface area contributed by atoms with Gasteiger partial charge in [0.15, 0.2) is 0 Å². The third-order valence-corrected chi connectivity index (χ3v) is 3.48. The molecule has 18 heavy (non-hydrogen) atoms. The maximum Gasteiger partial charge on any atom is 0.352 e. The lowest BCUT2D eigenvalue weighted by atomic mass is 10.0. The molecular formula is C13H18N2O3. The summed E-state index contributed by atoms with van der Waals surface area (Å²) in [7, 11) is 0. The molecule has 0 aliphatic carbocycles. The van der Waals surface area contributed by atoms with E-state index in [0.29, 0.717) is 0 Å². The number of hydrogen-bond donors (Lipinski definition) is 1. The highest BCUT2D eigenvalue weighted by Crippen LogP contribution is 2.17. The van der Waals surface area contributed by atoms with E-state index < -0.39 is 5.97 Å². The molecule has 0 aromatic carbocycles. The van der Waals surface area contributed by atoms with Gasteiger partial charge in [-0.2, -0.15) is 0 Å². The van der Waals surface area contributed by atoms with Gasteiger partial charge in [0.25, 0.3) is 0 Å². The van der Waals surface area contributed by atoms with Gasteiger partial charge in [-0.3, -0.25) is 4.79 Å². The molecule has 5 nitrogen and oxygen atoms in total. The van der Waals surface area contributed by atoms with E-state index in [9.17, 15) is 9.59 Å². The van der Waals surface area contributed by atoms with Crippen LogP contribution in [0.5, 0.6) is 0 Å². The van der Waals surface area contributed by atoms with Gasteiger partial charge in [-0.15, -0.1) is 0 Å². The second-order valence-electron chi connectivity index (χ2n) is 4.76. The van der Waals surface area contributed by atoms with Crippen LogP contribution in [0.15, 0.2) is 18.3 Å². The molecule has 1 aliphatic heterocycles. The highest BCUT2D eigenvalue weighted by atomic mass is 16.4. The monoisotopic (exact) mass is 250 g/mol. The average molecular weight is 250 g/mol. The van der Waals surface area contributed by atoms with Gasteiger partial charge in [-0.25, -0.2) is 4.79 Å². The summed E-state index contributed by atoms with van der Waals surface area (Å²) < 4.78 is 1.49. The highest BCUT2D eigenvalue weighted by Gasteiger charge is 2.23. The summed E-state index contributed by atoms with van der Waals surface area (Å²) in [6.45, 7) is 2.94. The predicted octanol–water partition coefficient (Wildman–Crippen LogP) is 1.59. The van der Waals surface area contributed by atoms with Crippen molar-refractivity contribution in [2.75, 3.05) is 6.54 Å². The number of aromatic nitrogens is 1. The standard InChI is InChI=1S/C13H18N2O3/c1-10-5-2-3-8-15(10)12(16)9-14-7-4-6-11(14)13(17)18/h4,6-7,10H,2-3,5,8-9H2,1H3,(H,17,18). The fourth-order valence-electron chi connectivity index (χ4n) is 2.45. The number of aromatic carboxylic acids is 1. The zero-order chi connectivity index (χ0) is 13.1. The maximum atomic E-state index is 12.2. The summed E-state index contributed by atoms with van der Waals surface area (Å²) in [6.07, 6.45) is 4.86. The van der Waals surface area contributed by atoms with Crippen molar-refractivity contribution < 1.29 is 14.7 Å². The Balaban J connectivity index is 2.06. The minimum atomic E-state index is -1.00. The average Bonchev–Trinajstić information content (AvgIpc) is 2.77. The van der Waals surface area contributed by atoms with Crippen LogP contribution in [0.25, 0.3) is 0 Å². The van der Waals surface area contributed by atoms with Crippen molar-refractivity contribution in [2.45, 2.75) is 38.8 Å². The van der Waals surface area contributed by atoms with E-state index in [1.54, 1.807) is 12.3 Å². The van der Waals surface area contributed by atoms with Gasteiger partial charge in [0, 0.05) is 18.8 Å². The van der Waals surface area contributed by atoms with Crippen LogP contribution in [-0.4, -0.2) is 39.0 Å². The molecule has 1 saturated heterocycles. The molecule has 1 aliphatic rings. The fourth-order valence-corrected chi connectivity index (χ4v) is 2.45. The van der Waals surface area contributed by atoms with Crippen LogP contribution < -0.4 is 0 Å². The van der Waals surface area contributed by atoms with Crippen LogP contribution in [0.1, 0.15) is 36.7 Å². The van der Waals surface area contributed by atoms with Gasteiger partial charge in [-0.05, 0) is 38.3 Å². The first-order valence-corrected chi connectivity index (χ1v) is 6.27. The Labute approximate surface area is 106 Å². The van der Waals surface area contributed by atoms with Crippen LogP contribution in [-0.2, 0) is 11.3 Å². The molecule has 0 spiro atoms. The second kappa shape index (κ2) is 5.25. The Morgan fingerprint density at radius 3 is 2.89 bits per heavy atom. The van der Waals surface area contributed by atoms with Crippen molar-refractivity contribution in [3.63, 3.8) is 0 Å². The Hall–Kier alpha value is -1.78. The lowest BCUT2D eigenvalue weighted by Crippen LogP contribution is -2.43. The van der Waals surface area contributed by atoms with Gasteiger partial charge in [0.05, 0.1) is 0 Å². The molecule has 2 rings (SSSR count). The van der Waals surface area contributed by atoms with Crippen molar-refractivity contribution in [3.8, 4) is 0 Å². The smallest absolute Gasteiger partial charge is 0.352 e. The molecule has 0 radical (unpaired) electrons. The van der Waals surface area contributed by atoms with Crippen molar-refractivity contribution in [1.29, 1.82) is 0 Å². The van der Waals surface area contributed by atoms with Gasteiger partial charge in [-0.1, -0.05) is 0 Å². The number of piperidine rings is 1. The fraction of sp³-hybridized carbons (Fsp3) is 0.538. The number of carbonyl (C=O) groups excluding carboxylic acids is 1. The Morgan fingerprint density at radius 1 is 1.44 bits per heavy atom. The first kappa shape index (κ1) is 12.7. The van der Waals surface area contributed by atoms with E-state index in [1.165, 1.54) is 10.6 Å². The van der Waals surface area contributed by atoms with E-state index >= 15 is 0 Å². The van der Waals surface area contributed by atoms with Crippen molar-refractivity contribution in [3.05, 3.63) is 24.0 Å². The lowest BCUT2D eigenvalue weighted by molar-refractivity contribution is -0.135. The largest absolute Gasteiger partial charge is 0.477 e. The van der Waals surface area contributed by atoms with E-state index in [2.05, 4.69) is 0 Å². The molecule has 98 valence electrons. The SMILES string of the molecule is CC1CCCCN1C(=O)Cn1cccc1C(=O)O. The number of carboxylic acid groups (broad SMARTS) is 1. The maximum absolute atomic E-state index is 12.2. The van der Waals surface area contributed by atoms with Gasteiger partial charge < -0.3 is 14.6 Å². The summed E-state index contributed by atoms with van der Waals surface area (Å²) in [5.74, 6) is -1.000. The molecule has 1 aromatic heterocycles. The van der Waals surface area contributed by atoms with Gasteiger partial charge >= 0.3 is 5.97 Å². The molecule has 5 heteroatoms. The number of hydrogen-bond acceptors (Lipinski definition) is 2. The summed E-state index contributed by atoms with van der Waals surface area (Å²) in [5.41, 5.74) is 0.160. The zero-order valence-corrected chi connectivity index (χ0v) is 10.5. The van der Waals surface area contributed by atoms with Crippen LogP contribution in [0.2, 0.25) is 0 Å². The molecule has 1 unspecified atom stereocenters. The van der Waals surface area contributed by atoms with Crippen LogP contribution in [0.3, 0.4) is 0 Å². The summed E-state index contributed by atoms with van der Waals surface area (Å²) in [6, 6.07) is 3.42. The van der Waals surface area contributed by atoms with E-state index in [0.717, 1.165) is 25.8 Å². The molecule has 0 bridgehead atoms. The third kappa shape index (κ3) is 2.55. The molecule has 0 saturated carbocycles. The highest BCUT2D eigenvalue weighted by molar-refractivity contribution is 5.87. The van der Waals surface area contributed by atoms with Crippen LogP contribution >= 0.6 is 0 Å². The predicted molar refractivity (Wildman–Crippen MR) is 66.4 cm³/mol. The first-order valence-electron chi connectivity index (χ1n) is 6.27. The Morgan fingerprint density at radius 2 is 2.22 bits per heavy atom. The van der Waals surface area contributed by atoms with Crippen LogP contribution in [0, 0.1) is 0 Å². The molecule has 1 atom stereocenters. The van der Waals surface area contributed by atoms with Crippen molar-refractivity contribution in [1.82, 2.24) is 9.47 Å². The quantitative estimate of drug-likeness (QED) is 0.886. The number of nitrogens with zero attached hydrogens (tertiary/aromatic N) is 2. The molecule has 1 amide bonds. The Kier molecular flexibility index (Phi) is 3.69. The van der Waals surface area contributed by atoms with E-state index in [4.69, 9.17) is 5.11 Å². The lowest BCUT2D eigenvalue weighted by Gasteiger charge is -2.33. The van der Waals surface area contributed by atoms with E-state index in [1.807, 2.05) is 11.8 Å². The molecule has 1 aromatic rings. The van der Waals surface area contributed by atoms with Gasteiger partial charge in [0.1, 0.15) is 12.2 Å². The summed E-state index contributed by atoms with van der Waals surface area (Å²) in [4.78, 5) is 25.0. The number of rotatable bonds is 3. The minimum Gasteiger partial charge on any atom is -0.477 e. The normalized spacial score (nSPS) is 19.8. The molecule has 1 fully saturated rings. The van der Waals surface area contributed by atoms with E-state index in [-0.39, 0.29) is 24.2 Å². The topological polar surface area (TPSA) is 62.5 Å². The zero-order valence-electron chi connectivity index (χ0n) is 10.5. The van der Waals surface area contributed by atoms with Gasteiger partial charge in [0.2, 0.25) is 5.91 Å². The molecule has 2 heterocycles. The summed E-state index contributed by atoms with van der Waals surface area (Å²) >= 11 is 0. The number of likely N-dealkylation sites (tertiary alicyclic amines) is 1. The Bertz CT molecular complexity index is 453.